The van der Waals surface area contributed by atoms with E-state index in [1.54, 1.807) is 26.8 Å². The van der Waals surface area contributed by atoms with E-state index in [-0.39, 0.29) is 25.9 Å². The summed E-state index contributed by atoms with van der Waals surface area (Å²) in [6.07, 6.45) is -4.39. The fraction of sp³-hybridized carbons (Fsp3) is 0.556. The molecule has 136 valence electrons. The summed E-state index contributed by atoms with van der Waals surface area (Å²) in [6, 6.07) is 7.06. The molecule has 7 heteroatoms. The van der Waals surface area contributed by atoms with Gasteiger partial charge in [-0.2, -0.15) is 18.4 Å². The second kappa shape index (κ2) is 6.58. The van der Waals surface area contributed by atoms with E-state index in [0.29, 0.717) is 5.56 Å². The molecule has 1 heterocycles. The average molecular weight is 354 g/mol. The van der Waals surface area contributed by atoms with Gasteiger partial charge in [0.05, 0.1) is 17.0 Å². The number of carbonyl (C=O) groups is 1. The van der Waals surface area contributed by atoms with Crippen LogP contribution in [0.2, 0.25) is 0 Å². The molecule has 0 unspecified atom stereocenters. The van der Waals surface area contributed by atoms with Crippen LogP contribution in [0.25, 0.3) is 0 Å². The number of nitrogens with zero attached hydrogens (tertiary/aromatic N) is 2. The van der Waals surface area contributed by atoms with Crippen LogP contribution in [0, 0.1) is 11.3 Å². The fourth-order valence-electron chi connectivity index (χ4n) is 2.86. The van der Waals surface area contributed by atoms with E-state index in [4.69, 9.17) is 4.74 Å². The Labute approximate surface area is 145 Å². The van der Waals surface area contributed by atoms with Gasteiger partial charge in [-0.15, -0.1) is 0 Å². The quantitative estimate of drug-likeness (QED) is 0.746. The molecule has 1 amide bonds. The molecule has 1 aliphatic heterocycles. The first kappa shape index (κ1) is 19.1. The van der Waals surface area contributed by atoms with Gasteiger partial charge >= 0.3 is 12.3 Å². The lowest BCUT2D eigenvalue weighted by atomic mass is 9.73. The predicted octanol–water partition coefficient (Wildman–Crippen LogP) is 4.50. The number of hydrogen-bond acceptors (Lipinski definition) is 3. The summed E-state index contributed by atoms with van der Waals surface area (Å²) in [5, 5.41) is 9.63. The minimum atomic E-state index is -4.45. The van der Waals surface area contributed by atoms with Crippen LogP contribution in [0.3, 0.4) is 0 Å². The number of carbonyl (C=O) groups excluding carboxylic acids is 1. The molecule has 0 N–H and O–H groups in total. The van der Waals surface area contributed by atoms with Crippen LogP contribution < -0.4 is 0 Å². The third-order valence-electron chi connectivity index (χ3n) is 4.23. The Balaban J connectivity index is 2.17. The van der Waals surface area contributed by atoms with E-state index >= 15 is 0 Å². The zero-order valence-corrected chi connectivity index (χ0v) is 14.5. The van der Waals surface area contributed by atoms with Crippen molar-refractivity contribution in [2.45, 2.75) is 50.8 Å². The maximum Gasteiger partial charge on any atom is 0.416 e. The molecule has 0 atom stereocenters. The van der Waals surface area contributed by atoms with Gasteiger partial charge in [-0.1, -0.05) is 18.2 Å². The van der Waals surface area contributed by atoms with E-state index < -0.39 is 28.8 Å². The second-order valence-corrected chi connectivity index (χ2v) is 7.24. The summed E-state index contributed by atoms with van der Waals surface area (Å²) < 4.78 is 44.1. The smallest absolute Gasteiger partial charge is 0.416 e. The molecular formula is C18H21F3N2O2. The number of halogens is 3. The number of likely N-dealkylation sites (tertiary alicyclic amines) is 1. The van der Waals surface area contributed by atoms with Crippen LogP contribution in [-0.2, 0) is 16.3 Å². The Morgan fingerprint density at radius 1 is 1.24 bits per heavy atom. The maximum absolute atomic E-state index is 12.9. The van der Waals surface area contributed by atoms with Gasteiger partial charge in [0.2, 0.25) is 0 Å². The monoisotopic (exact) mass is 354 g/mol. The highest BCUT2D eigenvalue weighted by atomic mass is 19.4. The van der Waals surface area contributed by atoms with E-state index in [2.05, 4.69) is 6.07 Å². The number of rotatable bonds is 1. The van der Waals surface area contributed by atoms with Gasteiger partial charge in [0, 0.05) is 13.1 Å². The minimum absolute atomic E-state index is 0.263. The lowest BCUT2D eigenvalue weighted by Gasteiger charge is -2.38. The van der Waals surface area contributed by atoms with Gasteiger partial charge < -0.3 is 9.64 Å². The highest BCUT2D eigenvalue weighted by Crippen LogP contribution is 2.38. The molecule has 2 rings (SSSR count). The van der Waals surface area contributed by atoms with Crippen molar-refractivity contribution in [3.63, 3.8) is 0 Å². The van der Waals surface area contributed by atoms with Crippen LogP contribution in [0.1, 0.15) is 44.7 Å². The van der Waals surface area contributed by atoms with Crippen molar-refractivity contribution in [3.8, 4) is 6.07 Å². The summed E-state index contributed by atoms with van der Waals surface area (Å²) in [6.45, 7) is 5.81. The number of alkyl halides is 3. The first-order chi connectivity index (χ1) is 11.5. The summed E-state index contributed by atoms with van der Waals surface area (Å²) in [5.41, 5.74) is -2.08. The summed E-state index contributed by atoms with van der Waals surface area (Å²) in [5.74, 6) is 0. The Morgan fingerprint density at radius 3 is 2.32 bits per heavy atom. The minimum Gasteiger partial charge on any atom is -0.444 e. The molecule has 0 aromatic heterocycles. The third-order valence-corrected chi connectivity index (χ3v) is 4.23. The number of benzene rings is 1. The van der Waals surface area contributed by atoms with Crippen LogP contribution in [0.15, 0.2) is 24.3 Å². The van der Waals surface area contributed by atoms with Gasteiger partial charge in [0.25, 0.3) is 0 Å². The number of amides is 1. The second-order valence-electron chi connectivity index (χ2n) is 7.24. The zero-order valence-electron chi connectivity index (χ0n) is 14.5. The van der Waals surface area contributed by atoms with Gasteiger partial charge in [0.15, 0.2) is 0 Å². The lowest BCUT2D eigenvalue weighted by molar-refractivity contribution is -0.137. The van der Waals surface area contributed by atoms with Crippen LogP contribution in [0.5, 0.6) is 0 Å². The number of piperidine rings is 1. The van der Waals surface area contributed by atoms with Gasteiger partial charge in [-0.25, -0.2) is 4.79 Å². The van der Waals surface area contributed by atoms with Crippen molar-refractivity contribution in [2.75, 3.05) is 13.1 Å². The molecule has 0 spiro atoms. The van der Waals surface area contributed by atoms with E-state index in [1.807, 2.05) is 0 Å². The molecule has 0 saturated carbocycles. The number of ether oxygens (including phenoxy) is 1. The number of nitriles is 1. The Hall–Kier alpha value is -2.23. The van der Waals surface area contributed by atoms with Crippen molar-refractivity contribution < 1.29 is 22.7 Å². The maximum atomic E-state index is 12.9. The number of hydrogen-bond donors (Lipinski definition) is 0. The fourth-order valence-corrected chi connectivity index (χ4v) is 2.86. The van der Waals surface area contributed by atoms with Gasteiger partial charge in [0.1, 0.15) is 5.60 Å². The Kier molecular flexibility index (Phi) is 5.03. The lowest BCUT2D eigenvalue weighted by Crippen LogP contribution is -2.46. The van der Waals surface area contributed by atoms with Crippen molar-refractivity contribution in [1.82, 2.24) is 4.90 Å². The SMILES string of the molecule is CC(C)(C)OC(=O)N1CCC(C#N)(c2cccc(C(F)(F)F)c2)CC1. The molecule has 1 aliphatic rings. The summed E-state index contributed by atoms with van der Waals surface area (Å²) in [7, 11) is 0. The molecule has 1 fully saturated rings. The predicted molar refractivity (Wildman–Crippen MR) is 85.8 cm³/mol. The average Bonchev–Trinajstić information content (AvgIpc) is 2.52. The Morgan fingerprint density at radius 2 is 1.84 bits per heavy atom. The van der Waals surface area contributed by atoms with E-state index in [0.717, 1.165) is 12.1 Å². The van der Waals surface area contributed by atoms with E-state index in [9.17, 15) is 23.2 Å². The molecule has 1 aromatic rings. The van der Waals surface area contributed by atoms with Crippen LogP contribution >= 0.6 is 0 Å². The Bertz CT molecular complexity index is 679. The first-order valence-corrected chi connectivity index (χ1v) is 8.04. The normalized spacial score (nSPS) is 17.7. The van der Waals surface area contributed by atoms with Crippen LogP contribution in [0.4, 0.5) is 18.0 Å². The summed E-state index contributed by atoms with van der Waals surface area (Å²) in [4.78, 5) is 13.6. The van der Waals surface area contributed by atoms with Crippen LogP contribution in [-0.4, -0.2) is 29.7 Å². The largest absolute Gasteiger partial charge is 0.444 e. The molecule has 0 bridgehead atoms. The molecule has 1 saturated heterocycles. The molecular weight excluding hydrogens is 333 g/mol. The molecule has 0 radical (unpaired) electrons. The van der Waals surface area contributed by atoms with Crippen molar-refractivity contribution in [2.24, 2.45) is 0 Å². The van der Waals surface area contributed by atoms with Gasteiger partial charge in [-0.3, -0.25) is 0 Å². The van der Waals surface area contributed by atoms with Gasteiger partial charge in [-0.05, 0) is 45.2 Å². The highest BCUT2D eigenvalue weighted by molar-refractivity contribution is 5.68. The molecule has 1 aromatic carbocycles. The molecule has 0 aliphatic carbocycles. The van der Waals surface area contributed by atoms with Crippen molar-refractivity contribution in [3.05, 3.63) is 35.4 Å². The topological polar surface area (TPSA) is 53.3 Å². The molecule has 4 nitrogen and oxygen atoms in total. The summed E-state index contributed by atoms with van der Waals surface area (Å²) >= 11 is 0. The van der Waals surface area contributed by atoms with E-state index in [1.165, 1.54) is 11.0 Å². The van der Waals surface area contributed by atoms with Crippen molar-refractivity contribution in [1.29, 1.82) is 5.26 Å². The zero-order chi connectivity index (χ0) is 18.9. The highest BCUT2D eigenvalue weighted by Gasteiger charge is 2.40. The standard InChI is InChI=1S/C18H21F3N2O2/c1-16(2,3)25-15(24)23-9-7-17(12-22,8-10-23)13-5-4-6-14(11-13)18(19,20)21/h4-6,11H,7-10H2,1-3H3. The van der Waals surface area contributed by atoms with Crippen molar-refractivity contribution >= 4 is 6.09 Å². The first-order valence-electron chi connectivity index (χ1n) is 8.04. The molecule has 25 heavy (non-hydrogen) atoms. The third kappa shape index (κ3) is 4.44.